The molecule has 0 spiro atoms. The van der Waals surface area contributed by atoms with Crippen molar-refractivity contribution in [1.82, 2.24) is 110 Å². The number of aliphatic hydroxyl groups excluding tert-OH is 2. The second-order valence-electron chi connectivity index (χ2n) is 35.2. The number of benzene rings is 3. The van der Waals surface area contributed by atoms with Gasteiger partial charge >= 0.3 is 11.9 Å². The van der Waals surface area contributed by atoms with Gasteiger partial charge in [0.1, 0.15) is 96.4 Å². The van der Waals surface area contributed by atoms with E-state index in [2.05, 4.69) is 123 Å². The van der Waals surface area contributed by atoms with Crippen molar-refractivity contribution in [2.45, 2.75) is 240 Å². The average Bonchev–Trinajstić information content (AvgIpc) is 1.74. The van der Waals surface area contributed by atoms with Gasteiger partial charge in [-0.1, -0.05) is 88.4 Å². The van der Waals surface area contributed by atoms with Crippen molar-refractivity contribution in [2.24, 2.45) is 40.5 Å². The van der Waals surface area contributed by atoms with Gasteiger partial charge in [0.05, 0.1) is 55.6 Å². The molecule has 3 aromatic heterocycles. The second kappa shape index (κ2) is 60.6. The Morgan fingerprint density at radius 2 is 0.883 bits per heavy atom. The van der Waals surface area contributed by atoms with Crippen LogP contribution in [0, 0.1) is 17.2 Å². The van der Waals surface area contributed by atoms with Crippen LogP contribution in [0.2, 0.25) is 0 Å². The molecule has 0 aliphatic rings. The summed E-state index contributed by atoms with van der Waals surface area (Å²) in [5, 5.41) is 98.4. The maximum absolute atomic E-state index is 15.4. The molecule has 17 atom stereocenters. The number of aliphatic hydroxyl groups is 2. The van der Waals surface area contributed by atoms with Crippen molar-refractivity contribution in [1.29, 1.82) is 5.41 Å². The zero-order valence-corrected chi connectivity index (χ0v) is 82.6. The Hall–Kier alpha value is -14.8. The van der Waals surface area contributed by atoms with Crippen molar-refractivity contribution in [2.75, 3.05) is 37.5 Å². The molecule has 6 aromatic rings. The molecule has 51 nitrogen and oxygen atoms in total. The van der Waals surface area contributed by atoms with E-state index in [0.29, 0.717) is 34.0 Å². The summed E-state index contributed by atoms with van der Waals surface area (Å²) in [4.78, 5) is 283. The van der Waals surface area contributed by atoms with Crippen LogP contribution in [-0.4, -0.2) is 309 Å². The highest BCUT2D eigenvalue weighted by Crippen LogP contribution is 2.22. The largest absolute Gasteiger partial charge is 0.508 e. The second-order valence-corrected chi connectivity index (χ2v) is 36.5. The summed E-state index contributed by atoms with van der Waals surface area (Å²) in [6.45, 7) is 6.69. The first kappa shape index (κ1) is 119. The number of fused-ring (bicyclic) bond motifs is 1. The Morgan fingerprint density at radius 1 is 0.448 bits per heavy atom. The number of aromatic amines is 3. The van der Waals surface area contributed by atoms with E-state index in [1.54, 1.807) is 94.7 Å². The van der Waals surface area contributed by atoms with Crippen molar-refractivity contribution in [3.63, 3.8) is 0 Å². The number of phenolic OH excluding ortho intramolecular Hbond substituents is 1. The minimum atomic E-state index is -1.98. The van der Waals surface area contributed by atoms with Crippen LogP contribution in [0.1, 0.15) is 133 Å². The van der Waals surface area contributed by atoms with Crippen LogP contribution in [0.3, 0.4) is 0 Å². The number of thioether (sulfide) groups is 1. The molecule has 0 fully saturated rings. The fourth-order valence-electron chi connectivity index (χ4n) is 14.9. The van der Waals surface area contributed by atoms with Crippen LogP contribution < -0.4 is 114 Å². The number of nitrogens with two attached hydrogens (primary N) is 5. The zero-order valence-electron chi connectivity index (χ0n) is 80.8. The lowest BCUT2D eigenvalue weighted by atomic mass is 9.98. The Balaban J connectivity index is 1.23. The quantitative estimate of drug-likeness (QED) is 0.00730. The number of aromatic hydroxyl groups is 1. The van der Waals surface area contributed by atoms with E-state index in [9.17, 15) is 107 Å². The fraction of sp³-hybridized carbons (Fsp3) is 0.500. The Bertz CT molecular complexity index is 5370. The number of aliphatic carboxylic acids is 2. The molecule has 6 rings (SSSR count). The van der Waals surface area contributed by atoms with Gasteiger partial charge in [-0.2, -0.15) is 24.4 Å². The highest BCUT2D eigenvalue weighted by atomic mass is 32.2. The number of phenols is 1. The molecule has 145 heavy (non-hydrogen) atoms. The molecular formula is C92H133N27O24S2. The fourth-order valence-corrected chi connectivity index (χ4v) is 15.6. The van der Waals surface area contributed by atoms with Gasteiger partial charge in [0.2, 0.25) is 100 Å². The van der Waals surface area contributed by atoms with E-state index in [4.69, 9.17) is 34.1 Å². The molecule has 3 aromatic carbocycles. The molecular weight excluding hydrogens is 1930 g/mol. The number of hydrogen-bond donors (Lipinski definition) is 31. The third-order valence-corrected chi connectivity index (χ3v) is 23.7. The van der Waals surface area contributed by atoms with E-state index in [-0.39, 0.29) is 106 Å². The SMILES string of the molecule is CSCC[C@H](NC(=O)[C@@H](NC(=O)[C@H](CC(C)C)NC(=O)[C@H](CCCCN)NC(=O)[C@H](Cc1c[nH]cn1)NC(=O)[C@H](CO)NC(=O)[C@@H](NC(=O)[C@@H](N)Cc1ccc(O)cc1)[C@@H](C)O)C(C)C)C(=O)N[C@@H](CC(N)=O)C(=O)N[C@@H](CCCNC(=N)N)C(=O)N[C@@H](Cc1c[nH]c2ccccc12)C(=O)N[C@@H](Cc1ccccc1)C(=O)N[C@@H](CS)C(=O)N[C@@H](CCC(N)=O)C(=O)N[C@@H](Cc1c[nH]cn1)C(=O)N[C@@H](CC(=O)O)C(=O)O. The maximum Gasteiger partial charge on any atom is 0.326 e. The molecule has 3 heterocycles. The van der Waals surface area contributed by atoms with Gasteiger partial charge in [0.25, 0.3) is 0 Å². The molecule has 0 radical (unpaired) electrons. The maximum atomic E-state index is 15.4. The lowest BCUT2D eigenvalue weighted by molar-refractivity contribution is -0.147. The number of imidazole rings is 2. The predicted molar refractivity (Wildman–Crippen MR) is 530 cm³/mol. The first-order chi connectivity index (χ1) is 68.8. The lowest BCUT2D eigenvalue weighted by Crippen LogP contribution is -2.62. The number of primary amides is 2. The Kier molecular flexibility index (Phi) is 49.6. The van der Waals surface area contributed by atoms with Gasteiger partial charge in [-0.15, -0.1) is 0 Å². The third-order valence-electron chi connectivity index (χ3n) is 22.6. The Morgan fingerprint density at radius 3 is 1.37 bits per heavy atom. The minimum Gasteiger partial charge on any atom is -0.508 e. The summed E-state index contributed by atoms with van der Waals surface area (Å²) in [5.41, 5.74) is 31.2. The number of thiol groups is 1. The number of carbonyl (C=O) groups excluding carboxylic acids is 17. The molecule has 792 valence electrons. The molecule has 35 N–H and O–H groups in total. The van der Waals surface area contributed by atoms with Crippen LogP contribution in [0.5, 0.6) is 5.75 Å². The number of hydrogen-bond acceptors (Lipinski definition) is 29. The summed E-state index contributed by atoms with van der Waals surface area (Å²) in [6, 6.07) is -5.88. The average molecular weight is 2070 g/mol. The molecule has 0 unspecified atom stereocenters. The van der Waals surface area contributed by atoms with Crippen molar-refractivity contribution < 1.29 is 117 Å². The number of guanidine groups is 1. The number of para-hydroxylation sites is 1. The summed E-state index contributed by atoms with van der Waals surface area (Å²) in [7, 11) is 0. The normalized spacial score (nSPS) is 14.7. The van der Waals surface area contributed by atoms with E-state index >= 15 is 9.59 Å². The zero-order chi connectivity index (χ0) is 107. The van der Waals surface area contributed by atoms with Crippen LogP contribution in [0.4, 0.5) is 0 Å². The third kappa shape index (κ3) is 40.8. The van der Waals surface area contributed by atoms with Gasteiger partial charge in [-0.05, 0) is 130 Å². The lowest BCUT2D eigenvalue weighted by Gasteiger charge is -2.30. The Labute approximate surface area is 843 Å². The van der Waals surface area contributed by atoms with Crippen LogP contribution >= 0.6 is 24.4 Å². The smallest absolute Gasteiger partial charge is 0.326 e. The monoisotopic (exact) mass is 2060 g/mol. The number of H-pyrrole nitrogens is 3. The number of unbranched alkanes of at least 4 members (excludes halogenated alkanes) is 1. The first-order valence-corrected chi connectivity index (χ1v) is 48.7. The minimum absolute atomic E-state index is 0.0398. The van der Waals surface area contributed by atoms with Crippen LogP contribution in [-0.2, 0) is 123 Å². The number of nitrogens with zero attached hydrogens (tertiary/aromatic N) is 2. The molecule has 53 heteroatoms. The van der Waals surface area contributed by atoms with E-state index in [0.717, 1.165) is 0 Å². The number of rotatable bonds is 65. The number of carbonyl (C=O) groups is 19. The molecule has 0 aliphatic carbocycles. The molecule has 17 amide bonds. The van der Waals surface area contributed by atoms with Crippen molar-refractivity contribution in [3.05, 3.63) is 138 Å². The van der Waals surface area contributed by atoms with Gasteiger partial charge in [0.15, 0.2) is 5.96 Å². The van der Waals surface area contributed by atoms with E-state index in [1.165, 1.54) is 68.0 Å². The highest BCUT2D eigenvalue weighted by molar-refractivity contribution is 7.98. The number of carboxylic acids is 2. The number of nitrogens with one attached hydrogen (secondary N) is 20. The summed E-state index contributed by atoms with van der Waals surface area (Å²) < 4.78 is 0. The van der Waals surface area contributed by atoms with Gasteiger partial charge in [-0.3, -0.25) is 91.7 Å². The van der Waals surface area contributed by atoms with Crippen molar-refractivity contribution >= 4 is 154 Å². The summed E-state index contributed by atoms with van der Waals surface area (Å²) >= 11 is 5.56. The topological polar surface area (TPSA) is 845 Å². The molecule has 0 saturated heterocycles. The summed E-state index contributed by atoms with van der Waals surface area (Å²) in [6.07, 6.45) is 2.04. The van der Waals surface area contributed by atoms with E-state index in [1.807, 2.05) is 0 Å². The number of amides is 17. The van der Waals surface area contributed by atoms with Crippen LogP contribution in [0.15, 0.2) is 110 Å². The van der Waals surface area contributed by atoms with Gasteiger partial charge in [0, 0.05) is 73.9 Å². The molecule has 0 aliphatic heterocycles. The highest BCUT2D eigenvalue weighted by Gasteiger charge is 2.41. The number of carboxylic acid groups (broad SMARTS) is 2. The standard InChI is InChI=1S/C92H133N27O24S2/c1-46(2)31-62(109-77(128)58(19-12-13-28-93)105-83(134)65(35-52-40-99-44-103-52)113-87(138)69(42-120)116-90(141)75(48(5)121)119-76(127)56(94)32-50-21-23-54(122)24-22-50)86(137)118-74(47(3)4)89(140)108-61(27-30-145-6)80(131)114-67(37-72(96)124)85(136)106-59(20-14-29-101-92(97)98)78(129)111-64(34-51-39-102-57-18-11-10-17-55(51)57)82(133)110-63(33-49-15-8-7-9-16-49)81(132)117-70(43-144)88(139)107-60(25-26-71(95)123)79(130)112-66(36-53-41-100-45-104-53)84(135)115-68(91(142)143)38-73(125)126/h7-11,15-18,21-24,39-41,44-48,56,58-70,74-75,102,120-122,144H,12-14,19-20,25-38,42-43,93-94H2,1-6H3,(H2,95,123)(H2,96,124)(H,99,103)(H,100,104)(H,105,134)(H,106,136)(H,107,139)(H,108,140)(H,109,128)(H,110,133)(H,111,129)(H,112,130)(H,113,138)(H,114,131)(H,115,135)(H,116,141)(H,117,132)(H,118,137)(H,119,127)(H,125,126)(H,142,143)(H4,97,98,101)/t48-,56+,58+,59+,60+,61+,62+,63+,64+,65+,66+,67+,68+,69+,70+,74+,75+/m1/s1. The van der Waals surface area contributed by atoms with Crippen molar-refractivity contribution in [3.8, 4) is 5.75 Å². The number of aromatic nitrogens is 5. The summed E-state index contributed by atoms with van der Waals surface area (Å²) in [5.74, 6) is -23.4. The van der Waals surface area contributed by atoms with Gasteiger partial charge < -0.3 is 154 Å². The molecule has 0 saturated carbocycles. The van der Waals surface area contributed by atoms with E-state index < -0.39 is 271 Å². The first-order valence-electron chi connectivity index (χ1n) is 46.6. The van der Waals surface area contributed by atoms with Crippen LogP contribution in [0.25, 0.3) is 10.9 Å². The predicted octanol–water partition coefficient (Wildman–Crippen LogP) is -6.72. The van der Waals surface area contributed by atoms with Gasteiger partial charge in [-0.25, -0.2) is 14.8 Å². The molecule has 0 bridgehead atoms.